The summed E-state index contributed by atoms with van der Waals surface area (Å²) in [6.07, 6.45) is -5.17. The van der Waals surface area contributed by atoms with Crippen LogP contribution in [0, 0.1) is 0 Å². The molecule has 2 aromatic rings. The average Bonchev–Trinajstić information content (AvgIpc) is 2.65. The van der Waals surface area contributed by atoms with Crippen molar-refractivity contribution in [3.8, 4) is 5.75 Å². The summed E-state index contributed by atoms with van der Waals surface area (Å²) in [6.45, 7) is -0.392. The minimum atomic E-state index is -4.56. The van der Waals surface area contributed by atoms with Crippen molar-refractivity contribution in [2.75, 3.05) is 19.0 Å². The van der Waals surface area contributed by atoms with Crippen LogP contribution in [-0.2, 0) is 22.3 Å². The lowest BCUT2D eigenvalue weighted by molar-refractivity contribution is -0.139. The van der Waals surface area contributed by atoms with Gasteiger partial charge in [-0.05, 0) is 29.8 Å². The second kappa shape index (κ2) is 8.93. The largest absolute Gasteiger partial charge is 0.483 e. The Balaban J connectivity index is 1.84. The summed E-state index contributed by atoms with van der Waals surface area (Å²) in [5, 5.41) is 5.02. The summed E-state index contributed by atoms with van der Waals surface area (Å²) in [4.78, 5) is 22.9. The summed E-state index contributed by atoms with van der Waals surface area (Å²) in [7, 11) is 1.24. The van der Waals surface area contributed by atoms with Crippen molar-refractivity contribution in [2.45, 2.75) is 12.7 Å². The molecule has 144 valence electrons. The van der Waals surface area contributed by atoms with Gasteiger partial charge < -0.3 is 14.8 Å². The molecule has 0 spiro atoms. The molecule has 6 nitrogen and oxygen atoms in total. The number of rotatable bonds is 6. The number of ether oxygens (including phenoxy) is 2. The number of anilines is 1. The number of nitrogens with one attached hydrogen (secondary N) is 2. The number of hydrogen-bond donors (Lipinski definition) is 2. The van der Waals surface area contributed by atoms with Crippen LogP contribution in [0.5, 0.6) is 5.75 Å². The van der Waals surface area contributed by atoms with Gasteiger partial charge in [0.05, 0.1) is 12.7 Å². The van der Waals surface area contributed by atoms with Crippen LogP contribution < -0.4 is 15.4 Å². The predicted molar refractivity (Wildman–Crippen MR) is 91.3 cm³/mol. The topological polar surface area (TPSA) is 76.7 Å². The van der Waals surface area contributed by atoms with Gasteiger partial charge in [-0.25, -0.2) is 4.79 Å². The van der Waals surface area contributed by atoms with Crippen LogP contribution >= 0.6 is 0 Å². The molecule has 0 atom stereocenters. The van der Waals surface area contributed by atoms with Crippen molar-refractivity contribution in [2.24, 2.45) is 0 Å². The summed E-state index contributed by atoms with van der Waals surface area (Å²) >= 11 is 0. The van der Waals surface area contributed by atoms with Crippen LogP contribution in [0.1, 0.15) is 11.1 Å². The molecule has 2 aromatic carbocycles. The van der Waals surface area contributed by atoms with Crippen molar-refractivity contribution in [3.05, 3.63) is 59.7 Å². The molecule has 2 N–H and O–H groups in total. The third-order valence-corrected chi connectivity index (χ3v) is 3.43. The maximum absolute atomic E-state index is 12.9. The molecule has 0 heterocycles. The van der Waals surface area contributed by atoms with Crippen LogP contribution in [0.2, 0.25) is 0 Å². The Bertz CT molecular complexity index is 792. The van der Waals surface area contributed by atoms with E-state index in [1.807, 2.05) is 0 Å². The van der Waals surface area contributed by atoms with Gasteiger partial charge in [-0.15, -0.1) is 0 Å². The lowest BCUT2D eigenvalue weighted by Crippen LogP contribution is -2.28. The Labute approximate surface area is 153 Å². The number of amides is 2. The van der Waals surface area contributed by atoms with Crippen molar-refractivity contribution in [3.63, 3.8) is 0 Å². The zero-order chi connectivity index (χ0) is 19.9. The molecule has 0 fully saturated rings. The zero-order valence-corrected chi connectivity index (χ0v) is 14.3. The van der Waals surface area contributed by atoms with Crippen LogP contribution in [0.25, 0.3) is 0 Å². The van der Waals surface area contributed by atoms with E-state index in [1.165, 1.54) is 19.2 Å². The Kier molecular flexibility index (Phi) is 6.64. The smallest absolute Gasteiger partial charge is 0.419 e. The third kappa shape index (κ3) is 6.21. The highest BCUT2D eigenvalue weighted by Crippen LogP contribution is 2.35. The first-order valence-electron chi connectivity index (χ1n) is 7.79. The Morgan fingerprint density at radius 3 is 2.33 bits per heavy atom. The fraction of sp³-hybridized carbons (Fsp3) is 0.222. The molecule has 9 heteroatoms. The number of carbonyl (C=O) groups is 2. The molecule has 0 aliphatic carbocycles. The molecule has 27 heavy (non-hydrogen) atoms. The molecular weight excluding hydrogens is 365 g/mol. The summed E-state index contributed by atoms with van der Waals surface area (Å²) < 4.78 is 48.0. The van der Waals surface area contributed by atoms with Gasteiger partial charge in [0, 0.05) is 12.2 Å². The number of benzene rings is 2. The molecule has 0 aliphatic heterocycles. The van der Waals surface area contributed by atoms with E-state index in [1.54, 1.807) is 24.3 Å². The number of alkyl halides is 3. The molecular formula is C18H17F3N2O4. The van der Waals surface area contributed by atoms with Gasteiger partial charge in [-0.3, -0.25) is 10.1 Å². The highest BCUT2D eigenvalue weighted by atomic mass is 19.4. The van der Waals surface area contributed by atoms with E-state index >= 15 is 0 Å². The molecule has 2 amide bonds. The van der Waals surface area contributed by atoms with Crippen molar-refractivity contribution >= 4 is 17.7 Å². The van der Waals surface area contributed by atoms with Crippen LogP contribution in [0.15, 0.2) is 48.5 Å². The van der Waals surface area contributed by atoms with Gasteiger partial charge in [0.15, 0.2) is 6.61 Å². The normalized spacial score (nSPS) is 10.8. The van der Waals surface area contributed by atoms with Crippen molar-refractivity contribution < 1.29 is 32.2 Å². The van der Waals surface area contributed by atoms with Gasteiger partial charge in [0.1, 0.15) is 5.75 Å². The summed E-state index contributed by atoms with van der Waals surface area (Å²) in [5.41, 5.74) is 0.310. The number of hydrogen-bond acceptors (Lipinski definition) is 4. The standard InChI is InChI=1S/C18H17F3N2O4/c1-26-17(25)23-13-8-6-12(7-9-13)10-22-16(24)11-27-15-5-3-2-4-14(15)18(19,20)21/h2-9H,10-11H2,1H3,(H,22,24)(H,23,25). The number of carbonyl (C=O) groups excluding carboxylic acids is 2. The molecule has 0 unspecified atom stereocenters. The SMILES string of the molecule is COC(=O)Nc1ccc(CNC(=O)COc2ccccc2C(F)(F)F)cc1. The van der Waals surface area contributed by atoms with E-state index in [9.17, 15) is 22.8 Å². The fourth-order valence-electron chi connectivity index (χ4n) is 2.10. The number of halogens is 3. The maximum Gasteiger partial charge on any atom is 0.419 e. The van der Waals surface area contributed by atoms with Gasteiger partial charge in [-0.2, -0.15) is 13.2 Å². The van der Waals surface area contributed by atoms with Gasteiger partial charge in [-0.1, -0.05) is 24.3 Å². The fourth-order valence-corrected chi connectivity index (χ4v) is 2.10. The Morgan fingerprint density at radius 1 is 1.04 bits per heavy atom. The molecule has 0 saturated heterocycles. The molecule has 0 aliphatic rings. The molecule has 0 aromatic heterocycles. The number of methoxy groups -OCH3 is 1. The highest BCUT2D eigenvalue weighted by Gasteiger charge is 2.34. The van der Waals surface area contributed by atoms with E-state index in [4.69, 9.17) is 4.74 Å². The maximum atomic E-state index is 12.9. The number of para-hydroxylation sites is 1. The second-order valence-corrected chi connectivity index (χ2v) is 5.37. The average molecular weight is 382 g/mol. The lowest BCUT2D eigenvalue weighted by Gasteiger charge is -2.13. The second-order valence-electron chi connectivity index (χ2n) is 5.37. The van der Waals surface area contributed by atoms with E-state index in [0.29, 0.717) is 5.69 Å². The molecule has 2 rings (SSSR count). The first kappa shape index (κ1) is 20.1. The van der Waals surface area contributed by atoms with Gasteiger partial charge in [0.25, 0.3) is 5.91 Å². The lowest BCUT2D eigenvalue weighted by atomic mass is 10.2. The minimum absolute atomic E-state index is 0.154. The van der Waals surface area contributed by atoms with Crippen molar-refractivity contribution in [1.29, 1.82) is 0 Å². The molecule has 0 saturated carbocycles. The van der Waals surface area contributed by atoms with Crippen LogP contribution in [0.3, 0.4) is 0 Å². The van der Waals surface area contributed by atoms with Crippen LogP contribution in [-0.4, -0.2) is 25.7 Å². The zero-order valence-electron chi connectivity index (χ0n) is 14.3. The van der Waals surface area contributed by atoms with Crippen LogP contribution in [0.4, 0.5) is 23.7 Å². The highest BCUT2D eigenvalue weighted by molar-refractivity contribution is 5.84. The summed E-state index contributed by atoms with van der Waals surface area (Å²) in [6, 6.07) is 11.3. The first-order chi connectivity index (χ1) is 12.8. The van der Waals surface area contributed by atoms with Gasteiger partial charge in [0.2, 0.25) is 0 Å². The monoisotopic (exact) mass is 382 g/mol. The van der Waals surface area contributed by atoms with E-state index in [0.717, 1.165) is 17.7 Å². The first-order valence-corrected chi connectivity index (χ1v) is 7.79. The molecule has 0 radical (unpaired) electrons. The molecule has 0 bridgehead atoms. The van der Waals surface area contributed by atoms with Crippen molar-refractivity contribution in [1.82, 2.24) is 5.32 Å². The van der Waals surface area contributed by atoms with E-state index in [2.05, 4.69) is 15.4 Å². The minimum Gasteiger partial charge on any atom is -0.483 e. The van der Waals surface area contributed by atoms with Gasteiger partial charge >= 0.3 is 12.3 Å². The third-order valence-electron chi connectivity index (χ3n) is 3.43. The predicted octanol–water partition coefficient (Wildman–Crippen LogP) is 3.58. The van der Waals surface area contributed by atoms with E-state index in [-0.39, 0.29) is 6.54 Å². The quantitative estimate of drug-likeness (QED) is 0.801. The Morgan fingerprint density at radius 2 is 1.70 bits per heavy atom. The van der Waals surface area contributed by atoms with E-state index < -0.39 is 36.1 Å². The summed E-state index contributed by atoms with van der Waals surface area (Å²) in [5.74, 6) is -0.970. The Hall–Kier alpha value is -3.23.